The van der Waals surface area contributed by atoms with Gasteiger partial charge in [0.15, 0.2) is 0 Å². The highest BCUT2D eigenvalue weighted by Gasteiger charge is 2.09. The van der Waals surface area contributed by atoms with Crippen LogP contribution in [0.5, 0.6) is 0 Å². The second-order valence-corrected chi connectivity index (χ2v) is 4.41. The predicted molar refractivity (Wildman–Crippen MR) is 68.8 cm³/mol. The van der Waals surface area contributed by atoms with E-state index < -0.39 is 0 Å². The SMILES string of the molecule is Cc1cscc1C(=O)Nc1ccc(C=O)cc1. The van der Waals surface area contributed by atoms with Gasteiger partial charge in [-0.25, -0.2) is 0 Å². The number of nitrogens with one attached hydrogen (secondary N) is 1. The van der Waals surface area contributed by atoms with Crippen LogP contribution in [0, 0.1) is 6.92 Å². The van der Waals surface area contributed by atoms with Gasteiger partial charge >= 0.3 is 0 Å². The molecule has 0 saturated carbocycles. The van der Waals surface area contributed by atoms with Crippen LogP contribution in [0.2, 0.25) is 0 Å². The summed E-state index contributed by atoms with van der Waals surface area (Å²) in [6.07, 6.45) is 0.772. The molecule has 0 fully saturated rings. The summed E-state index contributed by atoms with van der Waals surface area (Å²) in [7, 11) is 0. The van der Waals surface area contributed by atoms with Crippen molar-refractivity contribution in [1.82, 2.24) is 0 Å². The van der Waals surface area contributed by atoms with E-state index in [1.54, 1.807) is 24.3 Å². The molecule has 3 nitrogen and oxygen atoms in total. The predicted octanol–water partition coefficient (Wildman–Crippen LogP) is 3.12. The molecule has 4 heteroatoms. The summed E-state index contributed by atoms with van der Waals surface area (Å²) < 4.78 is 0. The molecule has 0 unspecified atom stereocenters. The first-order chi connectivity index (χ1) is 8.20. The second kappa shape index (κ2) is 4.93. The average Bonchev–Trinajstić information content (AvgIpc) is 2.76. The summed E-state index contributed by atoms with van der Waals surface area (Å²) in [5, 5.41) is 6.55. The first-order valence-corrected chi connectivity index (χ1v) is 6.04. The summed E-state index contributed by atoms with van der Waals surface area (Å²) >= 11 is 1.50. The lowest BCUT2D eigenvalue weighted by Gasteiger charge is -2.04. The van der Waals surface area contributed by atoms with E-state index in [0.29, 0.717) is 16.8 Å². The minimum absolute atomic E-state index is 0.123. The molecule has 1 amide bonds. The largest absolute Gasteiger partial charge is 0.322 e. The van der Waals surface area contributed by atoms with Crippen molar-refractivity contribution in [1.29, 1.82) is 0 Å². The molecule has 86 valence electrons. The van der Waals surface area contributed by atoms with Crippen LogP contribution in [0.15, 0.2) is 35.0 Å². The van der Waals surface area contributed by atoms with Crippen molar-refractivity contribution in [3.05, 3.63) is 51.7 Å². The van der Waals surface area contributed by atoms with Gasteiger partial charge in [0.25, 0.3) is 5.91 Å². The lowest BCUT2D eigenvalue weighted by atomic mass is 10.2. The molecule has 1 aromatic carbocycles. The number of anilines is 1. The third-order valence-corrected chi connectivity index (χ3v) is 3.27. The van der Waals surface area contributed by atoms with Crippen molar-refractivity contribution in [2.24, 2.45) is 0 Å². The number of thiophene rings is 1. The van der Waals surface area contributed by atoms with E-state index in [1.165, 1.54) is 11.3 Å². The van der Waals surface area contributed by atoms with Crippen molar-refractivity contribution >= 4 is 29.2 Å². The molecule has 2 rings (SSSR count). The lowest BCUT2D eigenvalue weighted by molar-refractivity contribution is 0.102. The minimum atomic E-state index is -0.123. The molecule has 0 aliphatic rings. The number of hydrogen-bond donors (Lipinski definition) is 1. The van der Waals surface area contributed by atoms with Crippen molar-refractivity contribution in [2.45, 2.75) is 6.92 Å². The molecule has 0 aliphatic carbocycles. The average molecular weight is 245 g/mol. The smallest absolute Gasteiger partial charge is 0.256 e. The maximum absolute atomic E-state index is 11.9. The maximum atomic E-state index is 11.9. The molecule has 1 N–H and O–H groups in total. The highest BCUT2D eigenvalue weighted by atomic mass is 32.1. The Morgan fingerprint density at radius 2 is 1.94 bits per heavy atom. The first-order valence-electron chi connectivity index (χ1n) is 5.10. The quantitative estimate of drug-likeness (QED) is 0.844. The molecule has 0 aliphatic heterocycles. The fraction of sp³-hybridized carbons (Fsp3) is 0.0769. The third-order valence-electron chi connectivity index (χ3n) is 2.40. The van der Waals surface area contributed by atoms with E-state index in [9.17, 15) is 9.59 Å². The normalized spacial score (nSPS) is 9.94. The zero-order chi connectivity index (χ0) is 12.3. The first kappa shape index (κ1) is 11.5. The molecule has 0 saturated heterocycles. The van der Waals surface area contributed by atoms with Crippen LogP contribution in [-0.4, -0.2) is 12.2 Å². The Labute approximate surface area is 103 Å². The molecular formula is C13H11NO2S. The highest BCUT2D eigenvalue weighted by Crippen LogP contribution is 2.16. The fourth-order valence-electron chi connectivity index (χ4n) is 1.44. The number of aldehydes is 1. The zero-order valence-corrected chi connectivity index (χ0v) is 10.1. The molecular weight excluding hydrogens is 234 g/mol. The number of carbonyl (C=O) groups excluding carboxylic acids is 2. The van der Waals surface area contributed by atoms with Gasteiger partial charge in [-0.2, -0.15) is 11.3 Å². The molecule has 1 heterocycles. The second-order valence-electron chi connectivity index (χ2n) is 3.66. The number of aryl methyl sites for hydroxylation is 1. The molecule has 0 atom stereocenters. The Hall–Kier alpha value is -1.94. The number of benzene rings is 1. The summed E-state index contributed by atoms with van der Waals surface area (Å²) in [5.41, 5.74) is 2.94. The van der Waals surface area contributed by atoms with Crippen molar-refractivity contribution in [3.63, 3.8) is 0 Å². The van der Waals surface area contributed by atoms with Gasteiger partial charge in [-0.05, 0) is 42.1 Å². The Morgan fingerprint density at radius 3 is 2.47 bits per heavy atom. The van der Waals surface area contributed by atoms with Crippen LogP contribution in [0.3, 0.4) is 0 Å². The van der Waals surface area contributed by atoms with E-state index >= 15 is 0 Å². The standard InChI is InChI=1S/C13H11NO2S/c1-9-7-17-8-12(9)13(16)14-11-4-2-10(6-15)3-5-11/h2-8H,1H3,(H,14,16). The van der Waals surface area contributed by atoms with Gasteiger partial charge in [0, 0.05) is 16.6 Å². The summed E-state index contributed by atoms with van der Waals surface area (Å²) in [4.78, 5) is 22.4. The van der Waals surface area contributed by atoms with E-state index in [0.717, 1.165) is 11.8 Å². The maximum Gasteiger partial charge on any atom is 0.256 e. The minimum Gasteiger partial charge on any atom is -0.322 e. The Kier molecular flexibility index (Phi) is 3.35. The molecule has 0 spiro atoms. The monoisotopic (exact) mass is 245 g/mol. The van der Waals surface area contributed by atoms with Gasteiger partial charge in [0.1, 0.15) is 6.29 Å². The van der Waals surface area contributed by atoms with Crippen LogP contribution in [0.1, 0.15) is 26.3 Å². The molecule has 17 heavy (non-hydrogen) atoms. The number of amides is 1. The summed E-state index contributed by atoms with van der Waals surface area (Å²) in [6, 6.07) is 6.76. The topological polar surface area (TPSA) is 46.2 Å². The summed E-state index contributed by atoms with van der Waals surface area (Å²) in [6.45, 7) is 1.90. The third kappa shape index (κ3) is 2.60. The lowest BCUT2D eigenvalue weighted by Crippen LogP contribution is -2.11. The van der Waals surface area contributed by atoms with Crippen molar-refractivity contribution in [2.75, 3.05) is 5.32 Å². The number of hydrogen-bond acceptors (Lipinski definition) is 3. The molecule has 1 aromatic heterocycles. The van der Waals surface area contributed by atoms with Crippen molar-refractivity contribution < 1.29 is 9.59 Å². The molecule has 0 bridgehead atoms. The van der Waals surface area contributed by atoms with Crippen LogP contribution >= 0.6 is 11.3 Å². The van der Waals surface area contributed by atoms with Crippen molar-refractivity contribution in [3.8, 4) is 0 Å². The van der Waals surface area contributed by atoms with Gasteiger partial charge in [-0.3, -0.25) is 9.59 Å². The van der Waals surface area contributed by atoms with E-state index in [-0.39, 0.29) is 5.91 Å². The van der Waals surface area contributed by atoms with Gasteiger partial charge in [0.05, 0.1) is 5.56 Å². The Bertz CT molecular complexity index is 543. The van der Waals surface area contributed by atoms with E-state index in [4.69, 9.17) is 0 Å². The van der Waals surface area contributed by atoms with Crippen LogP contribution in [0.4, 0.5) is 5.69 Å². The van der Waals surface area contributed by atoms with Crippen LogP contribution in [-0.2, 0) is 0 Å². The van der Waals surface area contributed by atoms with Crippen LogP contribution < -0.4 is 5.32 Å². The molecule has 0 radical (unpaired) electrons. The number of rotatable bonds is 3. The fourth-order valence-corrected chi connectivity index (χ4v) is 2.26. The zero-order valence-electron chi connectivity index (χ0n) is 9.27. The van der Waals surface area contributed by atoms with Crippen LogP contribution in [0.25, 0.3) is 0 Å². The number of carbonyl (C=O) groups is 2. The van der Waals surface area contributed by atoms with Gasteiger partial charge in [0.2, 0.25) is 0 Å². The molecule has 2 aromatic rings. The van der Waals surface area contributed by atoms with E-state index in [2.05, 4.69) is 5.32 Å². The Morgan fingerprint density at radius 1 is 1.24 bits per heavy atom. The highest BCUT2D eigenvalue weighted by molar-refractivity contribution is 7.08. The van der Waals surface area contributed by atoms with Gasteiger partial charge < -0.3 is 5.32 Å². The van der Waals surface area contributed by atoms with Gasteiger partial charge in [-0.15, -0.1) is 0 Å². The Balaban J connectivity index is 2.13. The van der Waals surface area contributed by atoms with Gasteiger partial charge in [-0.1, -0.05) is 0 Å². The summed E-state index contributed by atoms with van der Waals surface area (Å²) in [5.74, 6) is -0.123. The van der Waals surface area contributed by atoms with E-state index in [1.807, 2.05) is 17.7 Å².